The molecule has 0 radical (unpaired) electrons. The molecule has 2 aromatic carbocycles. The zero-order valence-corrected chi connectivity index (χ0v) is 18.4. The molecule has 0 fully saturated rings. The van der Waals surface area contributed by atoms with Gasteiger partial charge in [0.25, 0.3) is 0 Å². The number of aromatic nitrogens is 1. The molecule has 0 spiro atoms. The zero-order valence-electron chi connectivity index (χ0n) is 18.4. The van der Waals surface area contributed by atoms with Crippen molar-refractivity contribution < 1.29 is 9.53 Å². The van der Waals surface area contributed by atoms with Crippen LogP contribution in [0, 0.1) is 5.41 Å². The van der Waals surface area contributed by atoms with Gasteiger partial charge in [0.1, 0.15) is 5.75 Å². The predicted molar refractivity (Wildman–Crippen MR) is 125 cm³/mol. The normalized spacial score (nSPS) is 19.6. The summed E-state index contributed by atoms with van der Waals surface area (Å²) in [6, 6.07) is 16.3. The first-order chi connectivity index (χ1) is 15.0. The third-order valence-corrected chi connectivity index (χ3v) is 6.28. The molecule has 3 aromatic rings. The highest BCUT2D eigenvalue weighted by Crippen LogP contribution is 2.51. The molecular weight excluding hydrogens is 384 g/mol. The van der Waals surface area contributed by atoms with E-state index in [4.69, 9.17) is 4.74 Å². The van der Waals surface area contributed by atoms with Crippen molar-refractivity contribution in [3.63, 3.8) is 0 Å². The minimum atomic E-state index is -0.152. The number of carbonyl (C=O) groups excluding carboxylic acids is 1. The highest BCUT2D eigenvalue weighted by atomic mass is 16.5. The quantitative estimate of drug-likeness (QED) is 0.544. The number of rotatable bonds is 4. The van der Waals surface area contributed by atoms with Gasteiger partial charge in [0.05, 0.1) is 18.2 Å². The Labute approximate surface area is 183 Å². The maximum absolute atomic E-state index is 13.4. The van der Waals surface area contributed by atoms with Gasteiger partial charge in [-0.3, -0.25) is 9.78 Å². The van der Waals surface area contributed by atoms with E-state index in [2.05, 4.69) is 61.4 Å². The summed E-state index contributed by atoms with van der Waals surface area (Å²) in [5.74, 6) is 1.10. The lowest BCUT2D eigenvalue weighted by Gasteiger charge is -2.40. The monoisotopic (exact) mass is 412 g/mol. The van der Waals surface area contributed by atoms with Gasteiger partial charge in [0, 0.05) is 34.8 Å². The lowest BCUT2D eigenvalue weighted by molar-refractivity contribution is -0.118. The van der Waals surface area contributed by atoms with Gasteiger partial charge < -0.3 is 10.1 Å². The number of ketones is 1. The molecule has 158 valence electrons. The Hall–Kier alpha value is -3.14. The van der Waals surface area contributed by atoms with E-state index in [-0.39, 0.29) is 17.2 Å². The molecule has 0 saturated heterocycles. The Balaban J connectivity index is 1.66. The fraction of sp³-hybridized carbons (Fsp3) is 0.333. The van der Waals surface area contributed by atoms with E-state index in [0.29, 0.717) is 13.0 Å². The van der Waals surface area contributed by atoms with Crippen LogP contribution >= 0.6 is 0 Å². The predicted octanol–water partition coefficient (Wildman–Crippen LogP) is 6.33. The number of benzene rings is 2. The first-order valence-corrected chi connectivity index (χ1v) is 11.1. The second kappa shape index (κ2) is 7.52. The Morgan fingerprint density at radius 3 is 2.68 bits per heavy atom. The molecule has 1 aromatic heterocycles. The second-order valence-corrected chi connectivity index (χ2v) is 9.39. The van der Waals surface area contributed by atoms with Gasteiger partial charge >= 0.3 is 0 Å². The summed E-state index contributed by atoms with van der Waals surface area (Å²) >= 11 is 0. The highest BCUT2D eigenvalue weighted by molar-refractivity contribution is 6.12. The van der Waals surface area contributed by atoms with E-state index in [1.807, 2.05) is 24.4 Å². The number of hydrogen-bond donors (Lipinski definition) is 1. The molecule has 2 heterocycles. The number of Topliss-reactive ketones (excluding diaryl/α,β-unsaturated/α-hetero) is 1. The summed E-state index contributed by atoms with van der Waals surface area (Å²) in [7, 11) is 0. The maximum atomic E-state index is 13.4. The molecular formula is C27H28N2O2. The largest absolute Gasteiger partial charge is 0.494 e. The van der Waals surface area contributed by atoms with Crippen LogP contribution in [-0.2, 0) is 4.79 Å². The number of nitrogens with one attached hydrogen (secondary N) is 1. The van der Waals surface area contributed by atoms with Gasteiger partial charge in [-0.15, -0.1) is 0 Å². The number of anilines is 1. The summed E-state index contributed by atoms with van der Waals surface area (Å²) < 4.78 is 5.75. The summed E-state index contributed by atoms with van der Waals surface area (Å²) in [5.41, 5.74) is 6.28. The molecule has 1 aliphatic carbocycles. The lowest BCUT2D eigenvalue weighted by atomic mass is 9.68. The van der Waals surface area contributed by atoms with Crippen molar-refractivity contribution in [2.45, 2.75) is 46.1 Å². The first-order valence-electron chi connectivity index (χ1n) is 11.1. The van der Waals surface area contributed by atoms with Crippen molar-refractivity contribution in [2.75, 3.05) is 11.9 Å². The molecule has 5 rings (SSSR count). The minimum absolute atomic E-state index is 0.0582. The SMILES string of the molecule is CCCOc1ccc(C2Nc3ccc4ncccc4c3C3=C2C(=O)CC(C)(C)C3)cc1. The highest BCUT2D eigenvalue weighted by Gasteiger charge is 2.40. The topological polar surface area (TPSA) is 51.2 Å². The molecule has 1 N–H and O–H groups in total. The van der Waals surface area contributed by atoms with E-state index >= 15 is 0 Å². The molecule has 1 unspecified atom stereocenters. The van der Waals surface area contributed by atoms with Crippen LogP contribution < -0.4 is 10.1 Å². The summed E-state index contributed by atoms with van der Waals surface area (Å²) in [6.07, 6.45) is 4.25. The standard InChI is InChI=1S/C27H28N2O2/c1-4-14-31-18-9-7-17(8-10-18)26-25-20(15-27(2,3)16-23(25)30)24-19-6-5-13-28-21(19)11-12-22(24)29-26/h5-13,26,29H,4,14-16H2,1-3H3. The van der Waals surface area contributed by atoms with Crippen molar-refractivity contribution in [3.05, 3.63) is 71.4 Å². The lowest BCUT2D eigenvalue weighted by Crippen LogP contribution is -2.33. The molecule has 4 nitrogen and oxygen atoms in total. The molecule has 0 bridgehead atoms. The minimum Gasteiger partial charge on any atom is -0.494 e. The number of nitrogens with zero attached hydrogens (tertiary/aromatic N) is 1. The third-order valence-electron chi connectivity index (χ3n) is 6.28. The maximum Gasteiger partial charge on any atom is 0.162 e. The number of fused-ring (bicyclic) bond motifs is 4. The van der Waals surface area contributed by atoms with Gasteiger partial charge in [0.15, 0.2) is 5.78 Å². The van der Waals surface area contributed by atoms with E-state index in [0.717, 1.165) is 51.9 Å². The van der Waals surface area contributed by atoms with Crippen molar-refractivity contribution >= 4 is 27.9 Å². The van der Waals surface area contributed by atoms with Crippen LogP contribution in [0.15, 0.2) is 60.3 Å². The van der Waals surface area contributed by atoms with Gasteiger partial charge in [-0.2, -0.15) is 0 Å². The van der Waals surface area contributed by atoms with Gasteiger partial charge in [-0.1, -0.05) is 39.0 Å². The number of allylic oxidation sites excluding steroid dienone is 1. The van der Waals surface area contributed by atoms with Crippen molar-refractivity contribution in [2.24, 2.45) is 5.41 Å². The van der Waals surface area contributed by atoms with Crippen LogP contribution in [0.2, 0.25) is 0 Å². The van der Waals surface area contributed by atoms with E-state index in [1.165, 1.54) is 5.57 Å². The molecule has 0 amide bonds. The van der Waals surface area contributed by atoms with Crippen molar-refractivity contribution in [1.82, 2.24) is 4.98 Å². The van der Waals surface area contributed by atoms with Gasteiger partial charge in [0.2, 0.25) is 0 Å². The van der Waals surface area contributed by atoms with Crippen LogP contribution in [0.3, 0.4) is 0 Å². The van der Waals surface area contributed by atoms with E-state index in [9.17, 15) is 4.79 Å². The second-order valence-electron chi connectivity index (χ2n) is 9.39. The van der Waals surface area contributed by atoms with Crippen LogP contribution in [-0.4, -0.2) is 17.4 Å². The van der Waals surface area contributed by atoms with Crippen molar-refractivity contribution in [3.8, 4) is 5.75 Å². The zero-order chi connectivity index (χ0) is 21.6. The molecule has 1 aliphatic heterocycles. The molecule has 2 aliphatic rings. The van der Waals surface area contributed by atoms with Crippen LogP contribution in [0.25, 0.3) is 16.5 Å². The van der Waals surface area contributed by atoms with Gasteiger partial charge in [-0.05, 0) is 59.7 Å². The molecule has 4 heteroatoms. The average Bonchev–Trinajstić information content (AvgIpc) is 2.76. The smallest absolute Gasteiger partial charge is 0.162 e. The van der Waals surface area contributed by atoms with E-state index in [1.54, 1.807) is 0 Å². The fourth-order valence-corrected chi connectivity index (χ4v) is 4.94. The average molecular weight is 413 g/mol. The Bertz CT molecular complexity index is 1190. The van der Waals surface area contributed by atoms with Crippen LogP contribution in [0.5, 0.6) is 5.75 Å². The summed E-state index contributed by atoms with van der Waals surface area (Å²) in [4.78, 5) is 18.0. The Kier molecular flexibility index (Phi) is 4.81. The van der Waals surface area contributed by atoms with Crippen LogP contribution in [0.1, 0.15) is 57.2 Å². The first kappa shape index (κ1) is 19.8. The summed E-state index contributed by atoms with van der Waals surface area (Å²) in [6.45, 7) is 7.18. The number of pyridine rings is 1. The van der Waals surface area contributed by atoms with E-state index < -0.39 is 0 Å². The molecule has 0 saturated carbocycles. The Morgan fingerprint density at radius 1 is 1.10 bits per heavy atom. The molecule has 31 heavy (non-hydrogen) atoms. The number of hydrogen-bond acceptors (Lipinski definition) is 4. The number of ether oxygens (including phenoxy) is 1. The fourth-order valence-electron chi connectivity index (χ4n) is 4.94. The third kappa shape index (κ3) is 3.50. The van der Waals surface area contributed by atoms with Crippen LogP contribution in [0.4, 0.5) is 5.69 Å². The summed E-state index contributed by atoms with van der Waals surface area (Å²) in [5, 5.41) is 4.78. The van der Waals surface area contributed by atoms with Crippen molar-refractivity contribution in [1.29, 1.82) is 0 Å². The Morgan fingerprint density at radius 2 is 1.90 bits per heavy atom. The van der Waals surface area contributed by atoms with Gasteiger partial charge in [-0.25, -0.2) is 0 Å². The molecule has 1 atom stereocenters. The number of carbonyl (C=O) groups is 1.